The van der Waals surface area contributed by atoms with E-state index in [9.17, 15) is 0 Å². The first-order valence-corrected chi connectivity index (χ1v) is 6.16. The third-order valence-corrected chi connectivity index (χ3v) is 3.47. The molecule has 0 aromatic heterocycles. The fraction of sp³-hybridized carbons (Fsp3) is 0.538. The SMILES string of the molecule is CN1CCNCC1c1cccc2c1OCCO2. The molecule has 0 spiro atoms. The molecule has 1 N–H and O–H groups in total. The van der Waals surface area contributed by atoms with Crippen molar-refractivity contribution in [1.29, 1.82) is 0 Å². The molecule has 2 aliphatic heterocycles. The summed E-state index contributed by atoms with van der Waals surface area (Å²) >= 11 is 0. The van der Waals surface area contributed by atoms with Gasteiger partial charge in [0.05, 0.1) is 6.04 Å². The van der Waals surface area contributed by atoms with E-state index < -0.39 is 0 Å². The van der Waals surface area contributed by atoms with E-state index in [2.05, 4.69) is 23.3 Å². The minimum atomic E-state index is 0.375. The van der Waals surface area contributed by atoms with E-state index in [1.165, 1.54) is 5.56 Å². The van der Waals surface area contributed by atoms with Crippen LogP contribution in [0.4, 0.5) is 0 Å². The molecule has 1 aromatic rings. The van der Waals surface area contributed by atoms with Crippen molar-refractivity contribution in [2.45, 2.75) is 6.04 Å². The van der Waals surface area contributed by atoms with Gasteiger partial charge >= 0.3 is 0 Å². The van der Waals surface area contributed by atoms with Gasteiger partial charge in [-0.1, -0.05) is 12.1 Å². The predicted octanol–water partition coefficient (Wildman–Crippen LogP) is 1.03. The van der Waals surface area contributed by atoms with E-state index in [0.717, 1.165) is 31.1 Å². The molecule has 92 valence electrons. The zero-order valence-corrected chi connectivity index (χ0v) is 10.1. The van der Waals surface area contributed by atoms with Gasteiger partial charge in [-0.2, -0.15) is 0 Å². The van der Waals surface area contributed by atoms with Gasteiger partial charge in [-0.25, -0.2) is 0 Å². The number of benzene rings is 1. The minimum absolute atomic E-state index is 0.375. The van der Waals surface area contributed by atoms with Gasteiger partial charge in [-0.15, -0.1) is 0 Å². The van der Waals surface area contributed by atoms with Crippen molar-refractivity contribution in [3.63, 3.8) is 0 Å². The number of hydrogen-bond acceptors (Lipinski definition) is 4. The highest BCUT2D eigenvalue weighted by atomic mass is 16.6. The summed E-state index contributed by atoms with van der Waals surface area (Å²) in [5, 5.41) is 3.43. The zero-order valence-electron chi connectivity index (χ0n) is 10.1. The van der Waals surface area contributed by atoms with Crippen LogP contribution < -0.4 is 14.8 Å². The van der Waals surface area contributed by atoms with Crippen molar-refractivity contribution in [3.8, 4) is 11.5 Å². The molecule has 4 heteroatoms. The Bertz CT molecular complexity index is 408. The van der Waals surface area contributed by atoms with Gasteiger partial charge < -0.3 is 14.8 Å². The first-order chi connectivity index (χ1) is 8.36. The molecule has 0 bridgehead atoms. The largest absolute Gasteiger partial charge is 0.486 e. The first-order valence-electron chi connectivity index (χ1n) is 6.16. The summed E-state index contributed by atoms with van der Waals surface area (Å²) in [5.41, 5.74) is 1.23. The van der Waals surface area contributed by atoms with E-state index >= 15 is 0 Å². The molecular weight excluding hydrogens is 216 g/mol. The van der Waals surface area contributed by atoms with Gasteiger partial charge in [0.15, 0.2) is 11.5 Å². The fourth-order valence-electron chi connectivity index (χ4n) is 2.51. The summed E-state index contributed by atoms with van der Waals surface area (Å²) in [6.45, 7) is 4.38. The lowest BCUT2D eigenvalue weighted by molar-refractivity contribution is 0.157. The van der Waals surface area contributed by atoms with Crippen LogP contribution in [-0.2, 0) is 0 Å². The van der Waals surface area contributed by atoms with E-state index in [1.807, 2.05) is 12.1 Å². The molecule has 0 amide bonds. The molecule has 17 heavy (non-hydrogen) atoms. The van der Waals surface area contributed by atoms with E-state index in [1.54, 1.807) is 0 Å². The van der Waals surface area contributed by atoms with Crippen LogP contribution in [0.3, 0.4) is 0 Å². The Labute approximate surface area is 102 Å². The third-order valence-electron chi connectivity index (χ3n) is 3.47. The van der Waals surface area contributed by atoms with Crippen LogP contribution in [0.1, 0.15) is 11.6 Å². The van der Waals surface area contributed by atoms with Crippen LogP contribution in [0.25, 0.3) is 0 Å². The molecule has 0 radical (unpaired) electrons. The Morgan fingerprint density at radius 2 is 2.18 bits per heavy atom. The number of piperazine rings is 1. The predicted molar refractivity (Wildman–Crippen MR) is 65.7 cm³/mol. The topological polar surface area (TPSA) is 33.7 Å². The monoisotopic (exact) mass is 234 g/mol. The Kier molecular flexibility index (Phi) is 2.91. The Balaban J connectivity index is 1.96. The van der Waals surface area contributed by atoms with Crippen molar-refractivity contribution in [2.75, 3.05) is 39.9 Å². The lowest BCUT2D eigenvalue weighted by Crippen LogP contribution is -2.44. The average molecular weight is 234 g/mol. The summed E-state index contributed by atoms with van der Waals surface area (Å²) < 4.78 is 11.4. The molecule has 0 aliphatic carbocycles. The van der Waals surface area contributed by atoms with Crippen molar-refractivity contribution in [1.82, 2.24) is 10.2 Å². The van der Waals surface area contributed by atoms with Crippen LogP contribution in [-0.4, -0.2) is 44.8 Å². The third kappa shape index (κ3) is 1.98. The number of nitrogens with one attached hydrogen (secondary N) is 1. The lowest BCUT2D eigenvalue weighted by Gasteiger charge is -2.35. The van der Waals surface area contributed by atoms with Crippen molar-refractivity contribution < 1.29 is 9.47 Å². The molecule has 1 fully saturated rings. The number of hydrogen-bond donors (Lipinski definition) is 1. The highest BCUT2D eigenvalue weighted by molar-refractivity contribution is 5.49. The highest BCUT2D eigenvalue weighted by Gasteiger charge is 2.26. The normalized spacial score (nSPS) is 24.6. The second kappa shape index (κ2) is 4.55. The second-order valence-corrected chi connectivity index (χ2v) is 4.57. The summed E-state index contributed by atoms with van der Waals surface area (Å²) in [5.74, 6) is 1.81. The van der Waals surface area contributed by atoms with Gasteiger partial charge in [0.1, 0.15) is 13.2 Å². The number of rotatable bonds is 1. The maximum absolute atomic E-state index is 5.78. The summed E-state index contributed by atoms with van der Waals surface area (Å²) in [6, 6.07) is 6.54. The van der Waals surface area contributed by atoms with Crippen LogP contribution in [0.2, 0.25) is 0 Å². The maximum Gasteiger partial charge on any atom is 0.166 e. The van der Waals surface area contributed by atoms with Crippen LogP contribution >= 0.6 is 0 Å². The van der Waals surface area contributed by atoms with E-state index in [4.69, 9.17) is 9.47 Å². The molecule has 1 saturated heterocycles. The number of para-hydroxylation sites is 1. The lowest BCUT2D eigenvalue weighted by atomic mass is 10.0. The van der Waals surface area contributed by atoms with Crippen molar-refractivity contribution in [2.24, 2.45) is 0 Å². The Morgan fingerprint density at radius 3 is 3.06 bits per heavy atom. The number of ether oxygens (including phenoxy) is 2. The number of nitrogens with zero attached hydrogens (tertiary/aromatic N) is 1. The number of likely N-dealkylation sites (N-methyl/N-ethyl adjacent to an activating group) is 1. The summed E-state index contributed by atoms with van der Waals surface area (Å²) in [7, 11) is 2.16. The molecule has 1 unspecified atom stereocenters. The van der Waals surface area contributed by atoms with Crippen LogP contribution in [0.15, 0.2) is 18.2 Å². The van der Waals surface area contributed by atoms with Crippen LogP contribution in [0, 0.1) is 0 Å². The maximum atomic E-state index is 5.78. The molecule has 3 rings (SSSR count). The smallest absolute Gasteiger partial charge is 0.166 e. The van der Waals surface area contributed by atoms with Gasteiger partial charge in [0, 0.05) is 25.2 Å². The quantitative estimate of drug-likeness (QED) is 0.787. The van der Waals surface area contributed by atoms with Gasteiger partial charge in [-0.3, -0.25) is 4.90 Å². The molecular formula is C13H18N2O2. The van der Waals surface area contributed by atoms with Crippen LogP contribution in [0.5, 0.6) is 11.5 Å². The summed E-state index contributed by atoms with van der Waals surface area (Å²) in [4.78, 5) is 2.37. The molecule has 0 saturated carbocycles. The zero-order chi connectivity index (χ0) is 11.7. The number of fused-ring (bicyclic) bond motifs is 1. The standard InChI is InChI=1S/C13H18N2O2/c1-15-6-5-14-9-11(15)10-3-2-4-12-13(10)17-8-7-16-12/h2-4,11,14H,5-9H2,1H3. The Morgan fingerprint density at radius 1 is 1.29 bits per heavy atom. The summed E-state index contributed by atoms with van der Waals surface area (Å²) in [6.07, 6.45) is 0. The van der Waals surface area contributed by atoms with E-state index in [0.29, 0.717) is 19.3 Å². The molecule has 1 atom stereocenters. The van der Waals surface area contributed by atoms with Gasteiger partial charge in [-0.05, 0) is 13.1 Å². The Hall–Kier alpha value is -1.26. The highest BCUT2D eigenvalue weighted by Crippen LogP contribution is 2.38. The van der Waals surface area contributed by atoms with E-state index in [-0.39, 0.29) is 0 Å². The second-order valence-electron chi connectivity index (χ2n) is 4.57. The van der Waals surface area contributed by atoms with Crippen molar-refractivity contribution >= 4 is 0 Å². The van der Waals surface area contributed by atoms with Crippen molar-refractivity contribution in [3.05, 3.63) is 23.8 Å². The molecule has 2 heterocycles. The average Bonchev–Trinajstić information content (AvgIpc) is 2.39. The molecule has 4 nitrogen and oxygen atoms in total. The minimum Gasteiger partial charge on any atom is -0.486 e. The fourth-order valence-corrected chi connectivity index (χ4v) is 2.51. The van der Waals surface area contributed by atoms with Gasteiger partial charge in [0.2, 0.25) is 0 Å². The first kappa shape index (κ1) is 10.9. The molecule has 2 aliphatic rings. The van der Waals surface area contributed by atoms with Gasteiger partial charge in [0.25, 0.3) is 0 Å². The molecule has 1 aromatic carbocycles.